The van der Waals surface area contributed by atoms with E-state index in [1.54, 1.807) is 6.07 Å². The molecule has 0 bridgehead atoms. The Morgan fingerprint density at radius 2 is 1.85 bits per heavy atom. The Labute approximate surface area is 161 Å². The third-order valence-electron chi connectivity index (χ3n) is 4.03. The van der Waals surface area contributed by atoms with E-state index in [0.717, 1.165) is 17.9 Å². The molecule has 0 aliphatic rings. The highest BCUT2D eigenvalue weighted by Crippen LogP contribution is 2.29. The lowest BCUT2D eigenvalue weighted by molar-refractivity contribution is 0.222. The maximum Gasteiger partial charge on any atom is 0.191 e. The number of benzene rings is 2. The highest BCUT2D eigenvalue weighted by Gasteiger charge is 2.09. The van der Waals surface area contributed by atoms with Crippen LogP contribution in [0.4, 0.5) is 0 Å². The fourth-order valence-corrected chi connectivity index (χ4v) is 2.55. The van der Waals surface area contributed by atoms with Crippen LogP contribution in [0.25, 0.3) is 0 Å². The molecule has 2 aromatic rings. The standard InChI is InChI=1S/C21H29N3O3/c1-5-22-21(24-14-17-10-8-12-19(26-4)20(17)25)23-13-16(3)27-18-11-7-6-9-15(18)2/h6-12,16,25H,5,13-14H2,1-4H3,(H2,22,23,24). The first-order chi connectivity index (χ1) is 13.0. The zero-order chi connectivity index (χ0) is 19.6. The monoisotopic (exact) mass is 371 g/mol. The summed E-state index contributed by atoms with van der Waals surface area (Å²) in [7, 11) is 1.53. The summed E-state index contributed by atoms with van der Waals surface area (Å²) in [4.78, 5) is 4.54. The van der Waals surface area contributed by atoms with Gasteiger partial charge in [-0.1, -0.05) is 30.3 Å². The molecule has 0 heterocycles. The van der Waals surface area contributed by atoms with Crippen LogP contribution in [0.5, 0.6) is 17.2 Å². The molecule has 0 radical (unpaired) electrons. The van der Waals surface area contributed by atoms with Crippen molar-refractivity contribution < 1.29 is 14.6 Å². The maximum atomic E-state index is 10.2. The Balaban J connectivity index is 1.96. The third kappa shape index (κ3) is 6.09. The number of nitrogens with one attached hydrogen (secondary N) is 2. The Morgan fingerprint density at radius 1 is 1.11 bits per heavy atom. The van der Waals surface area contributed by atoms with Gasteiger partial charge in [-0.3, -0.25) is 0 Å². The predicted octanol–water partition coefficient (Wildman–Crippen LogP) is 3.23. The van der Waals surface area contributed by atoms with Crippen molar-refractivity contribution >= 4 is 5.96 Å². The second-order valence-electron chi connectivity index (χ2n) is 6.24. The maximum absolute atomic E-state index is 10.2. The number of phenols is 1. The number of hydrogen-bond acceptors (Lipinski definition) is 4. The van der Waals surface area contributed by atoms with Crippen LogP contribution in [-0.2, 0) is 6.54 Å². The van der Waals surface area contributed by atoms with Gasteiger partial charge in [0.1, 0.15) is 11.9 Å². The van der Waals surface area contributed by atoms with E-state index >= 15 is 0 Å². The molecular weight excluding hydrogens is 342 g/mol. The number of para-hydroxylation sites is 2. The van der Waals surface area contributed by atoms with Crippen molar-refractivity contribution in [2.75, 3.05) is 20.2 Å². The Bertz CT molecular complexity index is 762. The van der Waals surface area contributed by atoms with Crippen molar-refractivity contribution in [2.45, 2.75) is 33.4 Å². The zero-order valence-corrected chi connectivity index (χ0v) is 16.5. The van der Waals surface area contributed by atoms with E-state index in [9.17, 15) is 5.11 Å². The summed E-state index contributed by atoms with van der Waals surface area (Å²) in [5.74, 6) is 2.12. The number of rotatable bonds is 8. The zero-order valence-electron chi connectivity index (χ0n) is 16.5. The topological polar surface area (TPSA) is 75.1 Å². The molecule has 0 saturated heterocycles. The van der Waals surface area contributed by atoms with Gasteiger partial charge in [-0.25, -0.2) is 4.99 Å². The van der Waals surface area contributed by atoms with Gasteiger partial charge in [0.25, 0.3) is 0 Å². The third-order valence-corrected chi connectivity index (χ3v) is 4.03. The summed E-state index contributed by atoms with van der Waals surface area (Å²) >= 11 is 0. The Morgan fingerprint density at radius 3 is 2.56 bits per heavy atom. The molecule has 1 unspecified atom stereocenters. The van der Waals surface area contributed by atoms with Crippen molar-refractivity contribution in [3.8, 4) is 17.2 Å². The van der Waals surface area contributed by atoms with E-state index in [0.29, 0.717) is 30.4 Å². The van der Waals surface area contributed by atoms with Crippen molar-refractivity contribution in [1.82, 2.24) is 10.6 Å². The molecule has 27 heavy (non-hydrogen) atoms. The van der Waals surface area contributed by atoms with Gasteiger partial charge in [0.05, 0.1) is 20.2 Å². The van der Waals surface area contributed by atoms with Crippen LogP contribution in [0.2, 0.25) is 0 Å². The van der Waals surface area contributed by atoms with Crippen LogP contribution in [-0.4, -0.2) is 37.4 Å². The number of nitrogens with zero attached hydrogens (tertiary/aromatic N) is 1. The van der Waals surface area contributed by atoms with Crippen molar-refractivity contribution in [1.29, 1.82) is 0 Å². The molecule has 2 rings (SSSR count). The average Bonchev–Trinajstić information content (AvgIpc) is 2.67. The Hall–Kier alpha value is -2.89. The fourth-order valence-electron chi connectivity index (χ4n) is 2.55. The van der Waals surface area contributed by atoms with Crippen LogP contribution >= 0.6 is 0 Å². The largest absolute Gasteiger partial charge is 0.504 e. The minimum atomic E-state index is -0.0276. The van der Waals surface area contributed by atoms with Crippen molar-refractivity contribution in [2.24, 2.45) is 4.99 Å². The fraction of sp³-hybridized carbons (Fsp3) is 0.381. The molecule has 0 aliphatic carbocycles. The average molecular weight is 371 g/mol. The van der Waals surface area contributed by atoms with Crippen LogP contribution in [0.1, 0.15) is 25.0 Å². The number of ether oxygens (including phenoxy) is 2. The molecule has 0 aliphatic heterocycles. The van der Waals surface area contributed by atoms with Gasteiger partial charge >= 0.3 is 0 Å². The van der Waals surface area contributed by atoms with Gasteiger partial charge in [0.15, 0.2) is 17.5 Å². The highest BCUT2D eigenvalue weighted by atomic mass is 16.5. The summed E-state index contributed by atoms with van der Waals surface area (Å²) in [6.07, 6.45) is -0.0276. The lowest BCUT2D eigenvalue weighted by Gasteiger charge is -2.19. The van der Waals surface area contributed by atoms with Crippen LogP contribution in [0.15, 0.2) is 47.5 Å². The second kappa shape index (κ2) is 10.3. The van der Waals surface area contributed by atoms with E-state index in [1.807, 2.05) is 57.2 Å². The molecule has 6 nitrogen and oxygen atoms in total. The van der Waals surface area contributed by atoms with E-state index < -0.39 is 0 Å². The van der Waals surface area contributed by atoms with Crippen molar-refractivity contribution in [3.05, 3.63) is 53.6 Å². The molecular formula is C21H29N3O3. The minimum absolute atomic E-state index is 0.0276. The molecule has 0 saturated carbocycles. The second-order valence-corrected chi connectivity index (χ2v) is 6.24. The minimum Gasteiger partial charge on any atom is -0.504 e. The summed E-state index contributed by atoms with van der Waals surface area (Å²) in [5, 5.41) is 16.7. The molecule has 2 aromatic carbocycles. The van der Waals surface area contributed by atoms with E-state index in [1.165, 1.54) is 7.11 Å². The molecule has 0 aromatic heterocycles. The van der Waals surface area contributed by atoms with Gasteiger partial charge in [-0.05, 0) is 38.5 Å². The van der Waals surface area contributed by atoms with Gasteiger partial charge in [-0.15, -0.1) is 0 Å². The number of methoxy groups -OCH3 is 1. The quantitative estimate of drug-likeness (QED) is 0.491. The normalized spacial score (nSPS) is 12.4. The lowest BCUT2D eigenvalue weighted by Crippen LogP contribution is -2.41. The number of aryl methyl sites for hydroxylation is 1. The summed E-state index contributed by atoms with van der Waals surface area (Å²) in [6, 6.07) is 13.3. The number of hydrogen-bond donors (Lipinski definition) is 3. The Kier molecular flexibility index (Phi) is 7.79. The molecule has 146 valence electrons. The first-order valence-electron chi connectivity index (χ1n) is 9.14. The summed E-state index contributed by atoms with van der Waals surface area (Å²) < 4.78 is 11.1. The van der Waals surface area contributed by atoms with Gasteiger partial charge in [0.2, 0.25) is 0 Å². The molecule has 3 N–H and O–H groups in total. The smallest absolute Gasteiger partial charge is 0.191 e. The van der Waals surface area contributed by atoms with Crippen LogP contribution in [0, 0.1) is 6.92 Å². The van der Waals surface area contributed by atoms with E-state index in [-0.39, 0.29) is 11.9 Å². The van der Waals surface area contributed by atoms with Crippen molar-refractivity contribution in [3.63, 3.8) is 0 Å². The molecule has 6 heteroatoms. The van der Waals surface area contributed by atoms with Gasteiger partial charge in [0, 0.05) is 12.1 Å². The SMILES string of the molecule is CCNC(=NCc1cccc(OC)c1O)NCC(C)Oc1ccccc1C. The van der Waals surface area contributed by atoms with Crippen LogP contribution in [0.3, 0.4) is 0 Å². The first-order valence-corrected chi connectivity index (χ1v) is 9.14. The first kappa shape index (κ1) is 20.4. The molecule has 0 fully saturated rings. The van der Waals surface area contributed by atoms with E-state index in [4.69, 9.17) is 9.47 Å². The summed E-state index contributed by atoms with van der Waals surface area (Å²) in [5.41, 5.74) is 1.81. The van der Waals surface area contributed by atoms with Gasteiger partial charge < -0.3 is 25.2 Å². The van der Waals surface area contributed by atoms with Crippen LogP contribution < -0.4 is 20.1 Å². The lowest BCUT2D eigenvalue weighted by atomic mass is 10.2. The van der Waals surface area contributed by atoms with Gasteiger partial charge in [-0.2, -0.15) is 0 Å². The van der Waals surface area contributed by atoms with E-state index in [2.05, 4.69) is 15.6 Å². The molecule has 0 amide bonds. The molecule has 1 atom stereocenters. The summed E-state index contributed by atoms with van der Waals surface area (Å²) in [6.45, 7) is 7.73. The highest BCUT2D eigenvalue weighted by molar-refractivity contribution is 5.79. The molecule has 0 spiro atoms. The predicted molar refractivity (Wildman–Crippen MR) is 109 cm³/mol. The number of aromatic hydroxyl groups is 1. The number of aliphatic imine (C=N–C) groups is 1. The number of phenolic OH excluding ortho intramolecular Hbond substituents is 1. The number of guanidine groups is 1.